The van der Waals surface area contributed by atoms with Gasteiger partial charge in [-0.2, -0.15) is 5.10 Å². The van der Waals surface area contributed by atoms with Gasteiger partial charge >= 0.3 is 0 Å². The quantitative estimate of drug-likeness (QED) is 0.891. The molecule has 0 amide bonds. The highest BCUT2D eigenvalue weighted by molar-refractivity contribution is 7.05. The number of nitrogens with one attached hydrogen (secondary N) is 1. The monoisotopic (exact) mass is 299 g/mol. The van der Waals surface area contributed by atoms with Crippen molar-refractivity contribution in [2.45, 2.75) is 39.8 Å². The van der Waals surface area contributed by atoms with Gasteiger partial charge in [0.2, 0.25) is 0 Å². The van der Waals surface area contributed by atoms with Crippen molar-refractivity contribution >= 4 is 23.1 Å². The number of aromatic nitrogens is 4. The molecule has 0 saturated heterocycles. The Morgan fingerprint density at radius 3 is 2.84 bits per heavy atom. The van der Waals surface area contributed by atoms with E-state index in [-0.39, 0.29) is 6.04 Å². The molecule has 7 heteroatoms. The van der Waals surface area contributed by atoms with E-state index in [2.05, 4.69) is 33.8 Å². The molecular weight excluding hydrogens is 282 g/mol. The van der Waals surface area contributed by atoms with Gasteiger partial charge in [0.15, 0.2) is 0 Å². The van der Waals surface area contributed by atoms with E-state index in [1.165, 1.54) is 11.5 Å². The molecule has 1 unspecified atom stereocenters. The highest BCUT2D eigenvalue weighted by atomic mass is 35.5. The molecule has 0 bridgehead atoms. The lowest BCUT2D eigenvalue weighted by atomic mass is 10.1. The van der Waals surface area contributed by atoms with Crippen molar-refractivity contribution in [1.29, 1.82) is 0 Å². The van der Waals surface area contributed by atoms with Crippen LogP contribution in [0.2, 0.25) is 5.02 Å². The molecule has 1 atom stereocenters. The van der Waals surface area contributed by atoms with Crippen molar-refractivity contribution in [2.75, 3.05) is 6.54 Å². The summed E-state index contributed by atoms with van der Waals surface area (Å²) in [6.07, 6.45) is 2.73. The van der Waals surface area contributed by atoms with Crippen LogP contribution >= 0.6 is 23.1 Å². The van der Waals surface area contributed by atoms with E-state index in [1.807, 2.05) is 11.6 Å². The Hall–Kier alpha value is -0.980. The first-order valence-corrected chi connectivity index (χ1v) is 7.57. The largest absolute Gasteiger partial charge is 0.304 e. The van der Waals surface area contributed by atoms with Crippen LogP contribution in [0.15, 0.2) is 6.20 Å². The molecule has 1 N–H and O–H groups in total. The Balaban J connectivity index is 2.44. The van der Waals surface area contributed by atoms with Crippen LogP contribution in [0.4, 0.5) is 0 Å². The SMILES string of the molecule is CCCn1ncc(Cl)c1C(NCC)c1snnc1C. The number of halogens is 1. The van der Waals surface area contributed by atoms with E-state index in [4.69, 9.17) is 11.6 Å². The fourth-order valence-corrected chi connectivity index (χ4v) is 3.04. The van der Waals surface area contributed by atoms with Crippen LogP contribution in [0.25, 0.3) is 0 Å². The second-order valence-electron chi connectivity index (χ2n) is 4.31. The molecular formula is C12H18ClN5S. The van der Waals surface area contributed by atoms with Crippen molar-refractivity contribution in [2.24, 2.45) is 0 Å². The molecule has 0 aliphatic rings. The average Bonchev–Trinajstić information content (AvgIpc) is 2.95. The Morgan fingerprint density at radius 1 is 1.47 bits per heavy atom. The van der Waals surface area contributed by atoms with E-state index in [9.17, 15) is 0 Å². The zero-order valence-corrected chi connectivity index (χ0v) is 12.9. The zero-order valence-electron chi connectivity index (χ0n) is 11.4. The summed E-state index contributed by atoms with van der Waals surface area (Å²) in [6, 6.07) is 0.00606. The number of nitrogens with zero attached hydrogens (tertiary/aromatic N) is 4. The van der Waals surface area contributed by atoms with Crippen LogP contribution in [-0.2, 0) is 6.54 Å². The first-order valence-electron chi connectivity index (χ1n) is 6.42. The van der Waals surface area contributed by atoms with E-state index in [1.54, 1.807) is 6.20 Å². The normalized spacial score (nSPS) is 12.8. The van der Waals surface area contributed by atoms with Crippen molar-refractivity contribution in [3.05, 3.63) is 27.5 Å². The summed E-state index contributed by atoms with van der Waals surface area (Å²) in [5, 5.41) is 12.6. The average molecular weight is 300 g/mol. The van der Waals surface area contributed by atoms with Gasteiger partial charge in [-0.3, -0.25) is 4.68 Å². The molecule has 0 spiro atoms. The fourth-order valence-electron chi connectivity index (χ4n) is 2.07. The van der Waals surface area contributed by atoms with Crippen LogP contribution in [-0.4, -0.2) is 25.9 Å². The highest BCUT2D eigenvalue weighted by Crippen LogP contribution is 2.31. The lowest BCUT2D eigenvalue weighted by molar-refractivity contribution is 0.523. The van der Waals surface area contributed by atoms with Crippen LogP contribution < -0.4 is 5.32 Å². The maximum atomic E-state index is 6.32. The predicted octanol–water partition coefficient (Wildman–Crippen LogP) is 2.81. The van der Waals surface area contributed by atoms with Gasteiger partial charge in [-0.15, -0.1) is 5.10 Å². The molecule has 0 saturated carbocycles. The number of aryl methyl sites for hydroxylation is 2. The standard InChI is InChI=1S/C12H18ClN5S/c1-4-6-18-11(9(13)7-15-18)10(14-5-2)12-8(3)16-17-19-12/h7,10,14H,4-6H2,1-3H3. The van der Waals surface area contributed by atoms with Gasteiger partial charge in [0.1, 0.15) is 0 Å². The van der Waals surface area contributed by atoms with Gasteiger partial charge in [0, 0.05) is 6.54 Å². The lowest BCUT2D eigenvalue weighted by Crippen LogP contribution is -2.25. The minimum absolute atomic E-state index is 0.00606. The highest BCUT2D eigenvalue weighted by Gasteiger charge is 2.24. The second-order valence-corrected chi connectivity index (χ2v) is 5.51. The van der Waals surface area contributed by atoms with Gasteiger partial charge < -0.3 is 5.32 Å². The predicted molar refractivity (Wildman–Crippen MR) is 77.7 cm³/mol. The number of rotatable bonds is 6. The fraction of sp³-hybridized carbons (Fsp3) is 0.583. The smallest absolute Gasteiger partial charge is 0.0892 e. The molecule has 2 aromatic rings. The summed E-state index contributed by atoms with van der Waals surface area (Å²) >= 11 is 7.73. The van der Waals surface area contributed by atoms with Crippen LogP contribution in [0, 0.1) is 6.92 Å². The van der Waals surface area contributed by atoms with E-state index < -0.39 is 0 Å². The first-order chi connectivity index (χ1) is 9.19. The maximum absolute atomic E-state index is 6.32. The third-order valence-corrected chi connectivity index (χ3v) is 4.08. The molecule has 2 heterocycles. The van der Waals surface area contributed by atoms with Gasteiger partial charge in [0.05, 0.1) is 33.5 Å². The number of hydrogen-bond donors (Lipinski definition) is 1. The van der Waals surface area contributed by atoms with E-state index >= 15 is 0 Å². The molecule has 104 valence electrons. The molecule has 0 aliphatic heterocycles. The Labute approximate surface area is 122 Å². The minimum atomic E-state index is 0.00606. The van der Waals surface area contributed by atoms with Crippen molar-refractivity contribution < 1.29 is 0 Å². The maximum Gasteiger partial charge on any atom is 0.0892 e. The van der Waals surface area contributed by atoms with Crippen LogP contribution in [0.5, 0.6) is 0 Å². The Kier molecular flexibility index (Phi) is 4.90. The Morgan fingerprint density at radius 2 is 2.26 bits per heavy atom. The van der Waals surface area contributed by atoms with Gasteiger partial charge in [-0.1, -0.05) is 29.9 Å². The lowest BCUT2D eigenvalue weighted by Gasteiger charge is -2.18. The first kappa shape index (κ1) is 14.4. The molecule has 19 heavy (non-hydrogen) atoms. The van der Waals surface area contributed by atoms with Crippen molar-refractivity contribution in [1.82, 2.24) is 24.7 Å². The summed E-state index contributed by atoms with van der Waals surface area (Å²) in [4.78, 5) is 1.10. The van der Waals surface area contributed by atoms with Crippen molar-refractivity contribution in [3.8, 4) is 0 Å². The molecule has 0 aliphatic carbocycles. The van der Waals surface area contributed by atoms with E-state index in [0.29, 0.717) is 5.02 Å². The molecule has 0 fully saturated rings. The number of hydrogen-bond acceptors (Lipinski definition) is 5. The summed E-state index contributed by atoms with van der Waals surface area (Å²) in [6.45, 7) is 7.87. The molecule has 2 rings (SSSR count). The van der Waals surface area contributed by atoms with Gasteiger partial charge in [-0.05, 0) is 31.4 Å². The van der Waals surface area contributed by atoms with Crippen molar-refractivity contribution in [3.63, 3.8) is 0 Å². The second kappa shape index (κ2) is 6.45. The molecule has 0 aromatic carbocycles. The summed E-state index contributed by atoms with van der Waals surface area (Å²) in [5.74, 6) is 0. The van der Waals surface area contributed by atoms with Gasteiger partial charge in [-0.25, -0.2) is 0 Å². The van der Waals surface area contributed by atoms with E-state index in [0.717, 1.165) is 35.8 Å². The third kappa shape index (κ3) is 2.96. The summed E-state index contributed by atoms with van der Waals surface area (Å²) in [5.41, 5.74) is 1.94. The topological polar surface area (TPSA) is 55.6 Å². The zero-order chi connectivity index (χ0) is 13.8. The van der Waals surface area contributed by atoms with Gasteiger partial charge in [0.25, 0.3) is 0 Å². The summed E-state index contributed by atoms with van der Waals surface area (Å²) < 4.78 is 5.99. The Bertz CT molecular complexity index is 536. The minimum Gasteiger partial charge on any atom is -0.304 e. The molecule has 0 radical (unpaired) electrons. The molecule has 5 nitrogen and oxygen atoms in total. The summed E-state index contributed by atoms with van der Waals surface area (Å²) in [7, 11) is 0. The third-order valence-electron chi connectivity index (χ3n) is 2.90. The van der Waals surface area contributed by atoms with Crippen LogP contribution in [0.1, 0.15) is 42.6 Å². The van der Waals surface area contributed by atoms with Crippen LogP contribution in [0.3, 0.4) is 0 Å². The molecule has 2 aromatic heterocycles.